The monoisotopic (exact) mass is 657 g/mol. The molecule has 0 N–H and O–H groups in total. The molecule has 0 saturated carbocycles. The van der Waals surface area contributed by atoms with Crippen LogP contribution in [-0.2, 0) is 4.74 Å². The second-order valence-corrected chi connectivity index (χ2v) is 14.0. The van der Waals surface area contributed by atoms with Gasteiger partial charge < -0.3 is 14.5 Å². The average Bonchev–Trinajstić information content (AvgIpc) is 3.06. The van der Waals surface area contributed by atoms with E-state index in [1.807, 2.05) is 21.1 Å². The standard InChI is InChI=1S/C43H80N2O2/c1-6-8-10-12-14-16-18-20-22-23-25-27-29-31-33-35-37-39-42(47-43(46)45(5)41-40-44(3)4)38-36-34-32-30-28-26-24-21-19-17-15-13-11-9-7-2/h14-17,20-22,24,42H,6-13,18-19,23,25-41H2,1-5H3. The van der Waals surface area contributed by atoms with E-state index in [2.05, 4.69) is 67.4 Å². The molecule has 0 fully saturated rings. The Morgan fingerprint density at radius 2 is 0.851 bits per heavy atom. The molecular weight excluding hydrogens is 576 g/mol. The Bertz CT molecular complexity index is 770. The minimum absolute atomic E-state index is 0.0558. The highest BCUT2D eigenvalue weighted by Gasteiger charge is 2.17. The SMILES string of the molecule is CCCCCC=CCC=CCCCCCCCCCC(CCCCCCCC=CCC=CCCCCC)OC(=O)N(C)CCN(C)C. The van der Waals surface area contributed by atoms with Gasteiger partial charge in [0.2, 0.25) is 0 Å². The van der Waals surface area contributed by atoms with Crippen molar-refractivity contribution < 1.29 is 9.53 Å². The Hall–Kier alpha value is -1.81. The van der Waals surface area contributed by atoms with Crippen LogP contribution in [0.3, 0.4) is 0 Å². The van der Waals surface area contributed by atoms with E-state index in [0.717, 1.165) is 45.1 Å². The van der Waals surface area contributed by atoms with Crippen LogP contribution in [0.4, 0.5) is 4.79 Å². The van der Waals surface area contributed by atoms with Crippen LogP contribution in [-0.4, -0.2) is 56.2 Å². The molecule has 0 saturated heterocycles. The summed E-state index contributed by atoms with van der Waals surface area (Å²) in [5, 5.41) is 0. The maximum Gasteiger partial charge on any atom is 0.409 e. The van der Waals surface area contributed by atoms with Crippen molar-refractivity contribution in [2.45, 2.75) is 187 Å². The van der Waals surface area contributed by atoms with E-state index in [1.165, 1.54) is 128 Å². The van der Waals surface area contributed by atoms with Gasteiger partial charge >= 0.3 is 6.09 Å². The quantitative estimate of drug-likeness (QED) is 0.0510. The van der Waals surface area contributed by atoms with E-state index in [-0.39, 0.29) is 12.2 Å². The fraction of sp³-hybridized carbons (Fsp3) is 0.791. The van der Waals surface area contributed by atoms with Gasteiger partial charge in [0.15, 0.2) is 0 Å². The van der Waals surface area contributed by atoms with Crippen molar-refractivity contribution in [1.82, 2.24) is 9.80 Å². The molecule has 0 rings (SSSR count). The minimum atomic E-state index is -0.156. The molecule has 4 nitrogen and oxygen atoms in total. The molecule has 1 amide bonds. The van der Waals surface area contributed by atoms with E-state index in [0.29, 0.717) is 6.54 Å². The molecule has 0 heterocycles. The van der Waals surface area contributed by atoms with Crippen LogP contribution in [0.15, 0.2) is 48.6 Å². The normalized spacial score (nSPS) is 12.9. The molecule has 47 heavy (non-hydrogen) atoms. The van der Waals surface area contributed by atoms with Crippen molar-refractivity contribution in [3.05, 3.63) is 48.6 Å². The van der Waals surface area contributed by atoms with Crippen molar-refractivity contribution >= 4 is 6.09 Å². The lowest BCUT2D eigenvalue weighted by Gasteiger charge is -2.24. The van der Waals surface area contributed by atoms with Crippen molar-refractivity contribution in [1.29, 1.82) is 0 Å². The molecular formula is C43H80N2O2. The van der Waals surface area contributed by atoms with Gasteiger partial charge in [0.1, 0.15) is 6.10 Å². The van der Waals surface area contributed by atoms with Gasteiger partial charge in [0.05, 0.1) is 0 Å². The van der Waals surface area contributed by atoms with Gasteiger partial charge in [-0.25, -0.2) is 4.79 Å². The number of ether oxygens (including phenoxy) is 1. The first-order chi connectivity index (χ1) is 23.0. The van der Waals surface area contributed by atoms with Gasteiger partial charge in [-0.1, -0.05) is 140 Å². The van der Waals surface area contributed by atoms with Crippen molar-refractivity contribution in [2.75, 3.05) is 34.2 Å². The predicted molar refractivity (Wildman–Crippen MR) is 209 cm³/mol. The lowest BCUT2D eigenvalue weighted by atomic mass is 10.0. The van der Waals surface area contributed by atoms with E-state index in [1.54, 1.807) is 4.90 Å². The lowest BCUT2D eigenvalue weighted by Crippen LogP contribution is -2.36. The van der Waals surface area contributed by atoms with Crippen molar-refractivity contribution in [3.63, 3.8) is 0 Å². The average molecular weight is 657 g/mol. The summed E-state index contributed by atoms with van der Waals surface area (Å²) < 4.78 is 6.04. The molecule has 1 atom stereocenters. The van der Waals surface area contributed by atoms with Crippen LogP contribution in [0.25, 0.3) is 0 Å². The minimum Gasteiger partial charge on any atom is -0.446 e. The zero-order chi connectivity index (χ0) is 34.5. The highest BCUT2D eigenvalue weighted by Crippen LogP contribution is 2.18. The van der Waals surface area contributed by atoms with Gasteiger partial charge in [-0.3, -0.25) is 0 Å². The largest absolute Gasteiger partial charge is 0.446 e. The summed E-state index contributed by atoms with van der Waals surface area (Å²) in [6.45, 7) is 6.08. The summed E-state index contributed by atoms with van der Waals surface area (Å²) in [7, 11) is 5.95. The number of hydrogen-bond donors (Lipinski definition) is 0. The zero-order valence-electron chi connectivity index (χ0n) is 32.2. The van der Waals surface area contributed by atoms with Crippen LogP contribution in [0.2, 0.25) is 0 Å². The third kappa shape index (κ3) is 35.3. The van der Waals surface area contributed by atoms with E-state index in [9.17, 15) is 4.79 Å². The summed E-state index contributed by atoms with van der Waals surface area (Å²) >= 11 is 0. The van der Waals surface area contributed by atoms with Crippen molar-refractivity contribution in [2.24, 2.45) is 0 Å². The Morgan fingerprint density at radius 1 is 0.489 bits per heavy atom. The number of rotatable bonds is 34. The molecule has 0 radical (unpaired) electrons. The maximum absolute atomic E-state index is 12.8. The summed E-state index contributed by atoms with van der Waals surface area (Å²) in [4.78, 5) is 16.6. The third-order valence-corrected chi connectivity index (χ3v) is 8.92. The van der Waals surface area contributed by atoms with Crippen LogP contribution in [0, 0.1) is 0 Å². The second-order valence-electron chi connectivity index (χ2n) is 14.0. The topological polar surface area (TPSA) is 32.8 Å². The highest BCUT2D eigenvalue weighted by atomic mass is 16.6. The Balaban J connectivity index is 4.12. The molecule has 0 aromatic rings. The van der Waals surface area contributed by atoms with Gasteiger partial charge in [0, 0.05) is 20.1 Å². The molecule has 4 heteroatoms. The molecule has 0 bridgehead atoms. The van der Waals surface area contributed by atoms with E-state index in [4.69, 9.17) is 4.74 Å². The van der Waals surface area contributed by atoms with Gasteiger partial charge in [-0.2, -0.15) is 0 Å². The van der Waals surface area contributed by atoms with Crippen molar-refractivity contribution in [3.8, 4) is 0 Å². The summed E-state index contributed by atoms with van der Waals surface area (Å²) in [6, 6.07) is 0. The van der Waals surface area contributed by atoms with Crippen LogP contribution < -0.4 is 0 Å². The Kier molecular flexibility index (Phi) is 35.6. The molecule has 0 aromatic carbocycles. The van der Waals surface area contributed by atoms with Crippen LogP contribution >= 0.6 is 0 Å². The number of carbonyl (C=O) groups is 1. The first-order valence-electron chi connectivity index (χ1n) is 20.2. The Labute approximate surface area is 294 Å². The number of hydrogen-bond acceptors (Lipinski definition) is 3. The van der Waals surface area contributed by atoms with Gasteiger partial charge in [0.25, 0.3) is 0 Å². The predicted octanol–water partition coefficient (Wildman–Crippen LogP) is 13.4. The lowest BCUT2D eigenvalue weighted by molar-refractivity contribution is 0.0571. The number of allylic oxidation sites excluding steroid dienone is 8. The molecule has 274 valence electrons. The maximum atomic E-state index is 12.8. The van der Waals surface area contributed by atoms with Crippen LogP contribution in [0.1, 0.15) is 181 Å². The summed E-state index contributed by atoms with van der Waals surface area (Å²) in [5.74, 6) is 0. The van der Waals surface area contributed by atoms with Crippen LogP contribution in [0.5, 0.6) is 0 Å². The fourth-order valence-corrected chi connectivity index (χ4v) is 5.66. The number of likely N-dealkylation sites (N-methyl/N-ethyl adjacent to an activating group) is 2. The molecule has 0 aliphatic heterocycles. The highest BCUT2D eigenvalue weighted by molar-refractivity contribution is 5.67. The molecule has 0 aliphatic rings. The van der Waals surface area contributed by atoms with E-state index < -0.39 is 0 Å². The van der Waals surface area contributed by atoms with Gasteiger partial charge in [-0.05, 0) is 104 Å². The molecule has 0 aromatic heterocycles. The first-order valence-corrected chi connectivity index (χ1v) is 20.2. The zero-order valence-corrected chi connectivity index (χ0v) is 32.2. The Morgan fingerprint density at radius 3 is 1.23 bits per heavy atom. The number of amides is 1. The smallest absolute Gasteiger partial charge is 0.409 e. The second kappa shape index (κ2) is 37.0. The summed E-state index contributed by atoms with van der Waals surface area (Å²) in [6.07, 6.45) is 50.8. The fourth-order valence-electron chi connectivity index (χ4n) is 5.66. The molecule has 0 spiro atoms. The number of nitrogens with zero attached hydrogens (tertiary/aromatic N) is 2. The van der Waals surface area contributed by atoms with Gasteiger partial charge in [-0.15, -0.1) is 0 Å². The molecule has 1 unspecified atom stereocenters. The van der Waals surface area contributed by atoms with E-state index >= 15 is 0 Å². The first kappa shape index (κ1) is 45.2. The summed E-state index contributed by atoms with van der Waals surface area (Å²) in [5.41, 5.74) is 0. The number of carbonyl (C=O) groups excluding carboxylic acids is 1. The third-order valence-electron chi connectivity index (χ3n) is 8.92. The number of unbranched alkanes of at least 4 members (excludes halogenated alkanes) is 18. The molecule has 0 aliphatic carbocycles.